The van der Waals surface area contributed by atoms with Gasteiger partial charge in [0.15, 0.2) is 0 Å². The largest absolute Gasteiger partial charge is 0.392 e. The van der Waals surface area contributed by atoms with Crippen LogP contribution in [-0.4, -0.2) is 6.18 Å². The summed E-state index contributed by atoms with van der Waals surface area (Å²) < 4.78 is 53.9. The molecule has 0 aliphatic heterocycles. The Hall–Kier alpha value is -0.330. The second kappa shape index (κ2) is 6.42. The van der Waals surface area contributed by atoms with E-state index in [0.29, 0.717) is 23.7 Å². The Morgan fingerprint density at radius 3 is 2.48 bits per heavy atom. The van der Waals surface area contributed by atoms with Gasteiger partial charge in [-0.25, -0.2) is 4.39 Å². The van der Waals surface area contributed by atoms with Crippen LogP contribution < -0.4 is 5.73 Å². The highest BCUT2D eigenvalue weighted by Crippen LogP contribution is 2.46. The summed E-state index contributed by atoms with van der Waals surface area (Å²) in [6.07, 6.45) is -2.71. The molecule has 118 valence electrons. The van der Waals surface area contributed by atoms with Gasteiger partial charge in [-0.15, -0.1) is 0 Å². The van der Waals surface area contributed by atoms with E-state index in [-0.39, 0.29) is 17.0 Å². The van der Waals surface area contributed by atoms with Crippen LogP contribution in [-0.2, 0) is 0 Å². The Morgan fingerprint density at radius 2 is 1.86 bits per heavy atom. The summed E-state index contributed by atoms with van der Waals surface area (Å²) in [5.74, 6) is -3.04. The van der Waals surface area contributed by atoms with Crippen molar-refractivity contribution in [3.8, 4) is 0 Å². The van der Waals surface area contributed by atoms with Crippen molar-refractivity contribution >= 4 is 27.5 Å². The average Bonchev–Trinajstić information content (AvgIpc) is 2.43. The predicted molar refractivity (Wildman–Crippen MR) is 77.5 cm³/mol. The molecule has 7 heteroatoms. The molecule has 1 aliphatic rings. The Bertz CT molecular complexity index is 520. The van der Waals surface area contributed by atoms with Gasteiger partial charge in [0.2, 0.25) is 0 Å². The van der Waals surface area contributed by atoms with E-state index in [2.05, 4.69) is 15.9 Å². The van der Waals surface area contributed by atoms with E-state index < -0.39 is 29.9 Å². The van der Waals surface area contributed by atoms with Crippen molar-refractivity contribution < 1.29 is 17.6 Å². The van der Waals surface area contributed by atoms with Crippen molar-refractivity contribution in [3.63, 3.8) is 0 Å². The molecule has 0 bridgehead atoms. The first-order valence-corrected chi connectivity index (χ1v) is 7.86. The monoisotopic (exact) mass is 387 g/mol. The van der Waals surface area contributed by atoms with Crippen LogP contribution in [0.3, 0.4) is 0 Å². The van der Waals surface area contributed by atoms with Crippen molar-refractivity contribution in [1.82, 2.24) is 0 Å². The summed E-state index contributed by atoms with van der Waals surface area (Å²) in [6.45, 7) is 0. The number of halogens is 6. The van der Waals surface area contributed by atoms with Crippen LogP contribution in [0.2, 0.25) is 5.02 Å². The predicted octanol–water partition coefficient (Wildman–Crippen LogP) is 5.61. The highest BCUT2D eigenvalue weighted by Gasteiger charge is 2.47. The van der Waals surface area contributed by atoms with Gasteiger partial charge in [0.25, 0.3) is 0 Å². The van der Waals surface area contributed by atoms with Crippen LogP contribution in [0.4, 0.5) is 17.6 Å². The Kier molecular flexibility index (Phi) is 5.21. The topological polar surface area (TPSA) is 26.0 Å². The van der Waals surface area contributed by atoms with Gasteiger partial charge >= 0.3 is 6.18 Å². The fourth-order valence-corrected chi connectivity index (χ4v) is 3.50. The normalized spacial score (nSPS) is 24.9. The maximum atomic E-state index is 14.2. The molecule has 1 fully saturated rings. The highest BCUT2D eigenvalue weighted by molar-refractivity contribution is 9.10. The number of hydrogen-bond donors (Lipinski definition) is 1. The molecule has 21 heavy (non-hydrogen) atoms. The highest BCUT2D eigenvalue weighted by atomic mass is 79.9. The fourth-order valence-electron chi connectivity index (χ4n) is 3.02. The van der Waals surface area contributed by atoms with E-state index in [0.717, 1.165) is 0 Å². The van der Waals surface area contributed by atoms with Crippen LogP contribution in [0, 0.1) is 17.7 Å². The van der Waals surface area contributed by atoms with E-state index >= 15 is 0 Å². The first-order valence-electron chi connectivity index (χ1n) is 6.69. The Balaban J connectivity index is 2.33. The van der Waals surface area contributed by atoms with Gasteiger partial charge in [-0.05, 0) is 40.8 Å². The summed E-state index contributed by atoms with van der Waals surface area (Å²) in [4.78, 5) is 0. The molecule has 0 saturated heterocycles. The van der Waals surface area contributed by atoms with Crippen molar-refractivity contribution in [2.45, 2.75) is 37.9 Å². The minimum atomic E-state index is -4.31. The zero-order valence-electron chi connectivity index (χ0n) is 11.1. The molecule has 3 atom stereocenters. The van der Waals surface area contributed by atoms with Gasteiger partial charge in [0.1, 0.15) is 5.82 Å². The van der Waals surface area contributed by atoms with Crippen LogP contribution >= 0.6 is 27.5 Å². The molecule has 1 aromatic rings. The lowest BCUT2D eigenvalue weighted by molar-refractivity contribution is -0.198. The second-order valence-electron chi connectivity index (χ2n) is 5.39. The molecule has 2 N–H and O–H groups in total. The first-order chi connectivity index (χ1) is 9.73. The fraction of sp³-hybridized carbons (Fsp3) is 0.571. The number of rotatable bonds is 2. The third-order valence-electron chi connectivity index (χ3n) is 4.13. The maximum absolute atomic E-state index is 14.2. The maximum Gasteiger partial charge on any atom is 0.392 e. The summed E-state index contributed by atoms with van der Waals surface area (Å²) in [5, 5.41) is -0.151. The summed E-state index contributed by atoms with van der Waals surface area (Å²) in [7, 11) is 0. The zero-order valence-corrected chi connectivity index (χ0v) is 13.4. The first kappa shape index (κ1) is 17.0. The summed E-state index contributed by atoms with van der Waals surface area (Å²) in [5.41, 5.74) is 6.01. The molecule has 0 amide bonds. The van der Waals surface area contributed by atoms with Gasteiger partial charge in [0, 0.05) is 16.1 Å². The molecule has 1 aliphatic carbocycles. The molecule has 0 spiro atoms. The van der Waals surface area contributed by atoms with Crippen LogP contribution in [0.5, 0.6) is 0 Å². The third kappa shape index (κ3) is 3.54. The number of alkyl halides is 3. The van der Waals surface area contributed by atoms with E-state index in [1.54, 1.807) is 0 Å². The molecule has 0 radical (unpaired) electrons. The van der Waals surface area contributed by atoms with Crippen LogP contribution in [0.1, 0.15) is 37.3 Å². The molecule has 1 nitrogen and oxygen atoms in total. The van der Waals surface area contributed by atoms with E-state index in [1.807, 2.05) is 0 Å². The third-order valence-corrected chi connectivity index (χ3v) is 5.38. The summed E-state index contributed by atoms with van der Waals surface area (Å²) in [6, 6.07) is 1.90. The van der Waals surface area contributed by atoms with Gasteiger partial charge in [0.05, 0.1) is 10.9 Å². The van der Waals surface area contributed by atoms with E-state index in [1.165, 1.54) is 12.1 Å². The molecule has 0 aromatic heterocycles. The van der Waals surface area contributed by atoms with Gasteiger partial charge in [-0.1, -0.05) is 30.5 Å². The molecule has 0 heterocycles. The minimum absolute atomic E-state index is 0.0457. The quantitative estimate of drug-likeness (QED) is 0.517. The average molecular weight is 389 g/mol. The minimum Gasteiger partial charge on any atom is -0.324 e. The smallest absolute Gasteiger partial charge is 0.324 e. The number of hydrogen-bond acceptors (Lipinski definition) is 1. The Morgan fingerprint density at radius 1 is 1.24 bits per heavy atom. The van der Waals surface area contributed by atoms with Crippen molar-refractivity contribution in [2.24, 2.45) is 17.6 Å². The van der Waals surface area contributed by atoms with Crippen molar-refractivity contribution in [1.29, 1.82) is 0 Å². The lowest BCUT2D eigenvalue weighted by Gasteiger charge is -2.36. The summed E-state index contributed by atoms with van der Waals surface area (Å²) >= 11 is 8.87. The second-order valence-corrected chi connectivity index (χ2v) is 6.62. The van der Waals surface area contributed by atoms with Gasteiger partial charge in [-0.3, -0.25) is 0 Å². The van der Waals surface area contributed by atoms with Crippen LogP contribution in [0.15, 0.2) is 16.6 Å². The molecular weight excluding hydrogens is 374 g/mol. The van der Waals surface area contributed by atoms with Gasteiger partial charge in [-0.2, -0.15) is 13.2 Å². The standard InChI is InChI=1S/C14H15BrClF4N/c15-10-6-5-8(12(17)11(10)16)13(21)7-3-1-2-4-9(7)14(18,19)20/h5-7,9,13H,1-4,21H2. The number of nitrogens with two attached hydrogens (primary N) is 1. The molecular formula is C14H15BrClF4N. The molecule has 2 rings (SSSR count). The van der Waals surface area contributed by atoms with Gasteiger partial charge < -0.3 is 5.73 Å². The molecule has 3 unspecified atom stereocenters. The van der Waals surface area contributed by atoms with E-state index in [9.17, 15) is 17.6 Å². The van der Waals surface area contributed by atoms with Crippen LogP contribution in [0.25, 0.3) is 0 Å². The molecule has 1 saturated carbocycles. The Labute approximate surface area is 134 Å². The van der Waals surface area contributed by atoms with Crippen molar-refractivity contribution in [3.05, 3.63) is 33.0 Å². The van der Waals surface area contributed by atoms with Crippen molar-refractivity contribution in [2.75, 3.05) is 0 Å². The lowest BCUT2D eigenvalue weighted by Crippen LogP contribution is -2.39. The molecule has 1 aromatic carbocycles. The lowest BCUT2D eigenvalue weighted by atomic mass is 9.73. The SMILES string of the molecule is NC(c1ccc(Br)c(Cl)c1F)C1CCCCC1C(F)(F)F. The zero-order chi connectivity index (χ0) is 15.8. The van der Waals surface area contributed by atoms with E-state index in [4.69, 9.17) is 17.3 Å². The number of benzene rings is 1.